The molecule has 0 aromatic rings. The fourth-order valence-electron chi connectivity index (χ4n) is 3.02. The summed E-state index contributed by atoms with van der Waals surface area (Å²) in [6.07, 6.45) is 25.1. The Morgan fingerprint density at radius 1 is 0.320 bits per heavy atom. The predicted molar refractivity (Wildman–Crippen MR) is 113 cm³/mol. The van der Waals surface area contributed by atoms with Gasteiger partial charge in [-0.3, -0.25) is 0 Å². The summed E-state index contributed by atoms with van der Waals surface area (Å²) in [5.74, 6) is 0. The second kappa shape index (κ2) is 28.7. The van der Waals surface area contributed by atoms with Crippen molar-refractivity contribution in [3.8, 4) is 0 Å². The van der Waals surface area contributed by atoms with Crippen LogP contribution >= 0.6 is 0 Å². The highest BCUT2D eigenvalue weighted by atomic mass is 16.3. The minimum atomic E-state index is 0.371. The molecule has 154 valence electrons. The number of hydrogen-bond donors (Lipinski definition) is 2. The molecule has 0 aliphatic heterocycles. The predicted octanol–water partition coefficient (Wildman–Crippen LogP) is 7.41. The lowest BCUT2D eigenvalue weighted by Crippen LogP contribution is -1.84. The molecule has 25 heavy (non-hydrogen) atoms. The molecule has 0 aliphatic carbocycles. The third kappa shape index (κ3) is 32.1. The van der Waals surface area contributed by atoms with Crippen LogP contribution in [0.3, 0.4) is 0 Å². The van der Waals surface area contributed by atoms with Gasteiger partial charge in [0, 0.05) is 13.2 Å². The molecular weight excluding hydrogens is 308 g/mol. The summed E-state index contributed by atoms with van der Waals surface area (Å²) in [5, 5.41) is 17.1. The molecule has 0 aromatic heterocycles. The summed E-state index contributed by atoms with van der Waals surface area (Å²) in [6, 6.07) is 0. The van der Waals surface area contributed by atoms with Crippen molar-refractivity contribution >= 4 is 0 Å². The van der Waals surface area contributed by atoms with Crippen LogP contribution in [0.2, 0.25) is 0 Å². The molecule has 2 nitrogen and oxygen atoms in total. The zero-order chi connectivity index (χ0) is 18.8. The van der Waals surface area contributed by atoms with Crippen LogP contribution in [-0.2, 0) is 0 Å². The van der Waals surface area contributed by atoms with Crippen molar-refractivity contribution in [2.45, 2.75) is 136 Å². The number of rotatable bonds is 19. The molecule has 0 unspecified atom stereocenters. The van der Waals surface area contributed by atoms with Gasteiger partial charge in [0.05, 0.1) is 0 Å². The molecule has 0 aliphatic rings. The molecule has 0 spiro atoms. The molecule has 2 heteroatoms. The van der Waals surface area contributed by atoms with E-state index in [2.05, 4.69) is 13.8 Å². The van der Waals surface area contributed by atoms with Gasteiger partial charge in [0.25, 0.3) is 0 Å². The second-order valence-electron chi connectivity index (χ2n) is 7.46. The van der Waals surface area contributed by atoms with E-state index in [1.165, 1.54) is 109 Å². The Morgan fingerprint density at radius 2 is 0.520 bits per heavy atom. The monoisotopic (exact) mass is 358 g/mol. The Kier molecular flexibility index (Phi) is 31.2. The van der Waals surface area contributed by atoms with Crippen molar-refractivity contribution < 1.29 is 10.2 Å². The zero-order valence-corrected chi connectivity index (χ0v) is 17.7. The summed E-state index contributed by atoms with van der Waals surface area (Å²) in [4.78, 5) is 0. The smallest absolute Gasteiger partial charge is 0.0431 e. The van der Waals surface area contributed by atoms with E-state index in [4.69, 9.17) is 10.2 Å². The lowest BCUT2D eigenvalue weighted by Gasteiger charge is -2.00. The standard InChI is InChI=1S/C12H26O.C11H24O/c1-2-3-4-5-6-7-8-9-10-11-12-13;1-2-3-4-5-6-7-8-9-10-11-12/h13H,2-12H2,1H3;12H,2-11H2,1H3. The molecular formula is C23H50O2. The van der Waals surface area contributed by atoms with Gasteiger partial charge in [0.1, 0.15) is 0 Å². The minimum Gasteiger partial charge on any atom is -0.396 e. The second-order valence-corrected chi connectivity index (χ2v) is 7.46. The van der Waals surface area contributed by atoms with Gasteiger partial charge < -0.3 is 10.2 Å². The van der Waals surface area contributed by atoms with Gasteiger partial charge in [-0.05, 0) is 12.8 Å². The Morgan fingerprint density at radius 3 is 0.720 bits per heavy atom. The summed E-state index contributed by atoms with van der Waals surface area (Å²) < 4.78 is 0. The first-order valence-electron chi connectivity index (χ1n) is 11.5. The van der Waals surface area contributed by atoms with Crippen LogP contribution in [0.4, 0.5) is 0 Å². The van der Waals surface area contributed by atoms with Crippen molar-refractivity contribution in [3.05, 3.63) is 0 Å². The van der Waals surface area contributed by atoms with Crippen LogP contribution in [0.5, 0.6) is 0 Å². The zero-order valence-electron chi connectivity index (χ0n) is 17.7. The highest BCUT2D eigenvalue weighted by Crippen LogP contribution is 2.10. The normalized spacial score (nSPS) is 10.6. The lowest BCUT2D eigenvalue weighted by molar-refractivity contribution is 0.282. The average molecular weight is 359 g/mol. The first-order valence-corrected chi connectivity index (χ1v) is 11.5. The van der Waals surface area contributed by atoms with E-state index < -0.39 is 0 Å². The molecule has 0 atom stereocenters. The van der Waals surface area contributed by atoms with Crippen LogP contribution in [0, 0.1) is 0 Å². The Labute approximate surface area is 159 Å². The van der Waals surface area contributed by atoms with Gasteiger partial charge in [0.2, 0.25) is 0 Å². The first kappa shape index (κ1) is 27.1. The molecule has 0 bridgehead atoms. The van der Waals surface area contributed by atoms with Gasteiger partial charge in [0.15, 0.2) is 0 Å². The van der Waals surface area contributed by atoms with E-state index in [0.717, 1.165) is 12.8 Å². The fraction of sp³-hybridized carbons (Fsp3) is 1.00. The Balaban J connectivity index is 0. The minimum absolute atomic E-state index is 0.371. The fourth-order valence-corrected chi connectivity index (χ4v) is 3.02. The number of aliphatic hydroxyl groups excluding tert-OH is 2. The topological polar surface area (TPSA) is 40.5 Å². The molecule has 0 radical (unpaired) electrons. The third-order valence-electron chi connectivity index (χ3n) is 4.77. The van der Waals surface area contributed by atoms with Crippen molar-refractivity contribution in [3.63, 3.8) is 0 Å². The van der Waals surface area contributed by atoms with Gasteiger partial charge in [-0.25, -0.2) is 0 Å². The van der Waals surface area contributed by atoms with E-state index >= 15 is 0 Å². The number of hydrogen-bond acceptors (Lipinski definition) is 2. The SMILES string of the molecule is CCCCCCCCCCCCO.CCCCCCCCCCCO. The van der Waals surface area contributed by atoms with Gasteiger partial charge >= 0.3 is 0 Å². The van der Waals surface area contributed by atoms with E-state index in [1.54, 1.807) is 0 Å². The van der Waals surface area contributed by atoms with Crippen molar-refractivity contribution in [2.24, 2.45) is 0 Å². The lowest BCUT2D eigenvalue weighted by atomic mass is 10.1. The van der Waals surface area contributed by atoms with Gasteiger partial charge in [-0.1, -0.05) is 123 Å². The maximum absolute atomic E-state index is 8.57. The van der Waals surface area contributed by atoms with E-state index in [-0.39, 0.29) is 0 Å². The third-order valence-corrected chi connectivity index (χ3v) is 4.77. The van der Waals surface area contributed by atoms with Gasteiger partial charge in [-0.2, -0.15) is 0 Å². The summed E-state index contributed by atoms with van der Waals surface area (Å²) in [7, 11) is 0. The van der Waals surface area contributed by atoms with E-state index in [1.807, 2.05) is 0 Å². The Bertz CT molecular complexity index is 175. The molecule has 2 N–H and O–H groups in total. The number of aliphatic hydroxyl groups is 2. The molecule has 0 fully saturated rings. The molecule has 0 saturated heterocycles. The molecule has 0 rings (SSSR count). The van der Waals surface area contributed by atoms with E-state index in [0.29, 0.717) is 13.2 Å². The van der Waals surface area contributed by atoms with Gasteiger partial charge in [-0.15, -0.1) is 0 Å². The van der Waals surface area contributed by atoms with Crippen LogP contribution in [-0.4, -0.2) is 23.4 Å². The van der Waals surface area contributed by atoms with Crippen LogP contribution in [0.25, 0.3) is 0 Å². The molecule has 0 aromatic carbocycles. The highest BCUT2D eigenvalue weighted by molar-refractivity contribution is 4.47. The maximum Gasteiger partial charge on any atom is 0.0431 e. The van der Waals surface area contributed by atoms with Crippen LogP contribution in [0.1, 0.15) is 136 Å². The van der Waals surface area contributed by atoms with Crippen molar-refractivity contribution in [2.75, 3.05) is 13.2 Å². The molecule has 0 saturated carbocycles. The molecule has 0 amide bonds. The van der Waals surface area contributed by atoms with Crippen molar-refractivity contribution in [1.82, 2.24) is 0 Å². The van der Waals surface area contributed by atoms with Crippen LogP contribution in [0.15, 0.2) is 0 Å². The summed E-state index contributed by atoms with van der Waals surface area (Å²) in [5.41, 5.74) is 0. The first-order chi connectivity index (χ1) is 12.3. The molecule has 0 heterocycles. The quantitative estimate of drug-likeness (QED) is 0.236. The summed E-state index contributed by atoms with van der Waals surface area (Å²) in [6.45, 7) is 5.25. The average Bonchev–Trinajstić information content (AvgIpc) is 2.63. The number of unbranched alkanes of at least 4 members (excludes halogenated alkanes) is 17. The summed E-state index contributed by atoms with van der Waals surface area (Å²) >= 11 is 0. The maximum atomic E-state index is 8.57. The van der Waals surface area contributed by atoms with Crippen molar-refractivity contribution in [1.29, 1.82) is 0 Å². The van der Waals surface area contributed by atoms with Crippen LogP contribution < -0.4 is 0 Å². The van der Waals surface area contributed by atoms with E-state index in [9.17, 15) is 0 Å². The highest BCUT2D eigenvalue weighted by Gasteiger charge is 1.91. The Hall–Kier alpha value is -0.0800. The largest absolute Gasteiger partial charge is 0.396 e.